The van der Waals surface area contributed by atoms with Crippen LogP contribution in [0.1, 0.15) is 40.2 Å². The molecule has 1 aromatic rings. The molecule has 1 aromatic carbocycles. The van der Waals surface area contributed by atoms with Crippen LogP contribution in [0.15, 0.2) is 18.2 Å². The van der Waals surface area contributed by atoms with Gasteiger partial charge in [-0.3, -0.25) is 0 Å². The minimum Gasteiger partial charge on any atom is -0.497 e. The van der Waals surface area contributed by atoms with Crippen molar-refractivity contribution < 1.29 is 19.7 Å². The molecule has 0 spiro atoms. The van der Waals surface area contributed by atoms with Crippen LogP contribution in [-0.4, -0.2) is 48.7 Å². The molecule has 5 nitrogen and oxygen atoms in total. The van der Waals surface area contributed by atoms with Crippen LogP contribution < -0.4 is 14.8 Å². The zero-order chi connectivity index (χ0) is 17.7. The fourth-order valence-electron chi connectivity index (χ4n) is 2.04. The Morgan fingerprint density at radius 1 is 1.17 bits per heavy atom. The maximum atomic E-state index is 10.1. The van der Waals surface area contributed by atoms with Crippen molar-refractivity contribution in [2.24, 2.45) is 0 Å². The third kappa shape index (κ3) is 6.37. The van der Waals surface area contributed by atoms with E-state index >= 15 is 0 Å². The van der Waals surface area contributed by atoms with Gasteiger partial charge in [0.2, 0.25) is 0 Å². The van der Waals surface area contributed by atoms with E-state index in [0.29, 0.717) is 6.54 Å². The average Bonchev–Trinajstić information content (AvgIpc) is 2.50. The smallest absolute Gasteiger partial charge is 0.123 e. The van der Waals surface area contributed by atoms with Gasteiger partial charge in [-0.25, -0.2) is 0 Å². The van der Waals surface area contributed by atoms with Crippen molar-refractivity contribution in [3.05, 3.63) is 23.8 Å². The largest absolute Gasteiger partial charge is 0.497 e. The Morgan fingerprint density at radius 2 is 1.83 bits per heavy atom. The highest BCUT2D eigenvalue weighted by atomic mass is 16.5. The van der Waals surface area contributed by atoms with Crippen LogP contribution in [0.4, 0.5) is 0 Å². The lowest BCUT2D eigenvalue weighted by Crippen LogP contribution is -2.47. The topological polar surface area (TPSA) is 71.0 Å². The molecule has 0 saturated carbocycles. The van der Waals surface area contributed by atoms with Crippen LogP contribution >= 0.6 is 0 Å². The molecule has 0 unspecified atom stereocenters. The van der Waals surface area contributed by atoms with Crippen LogP contribution in [-0.2, 0) is 5.41 Å². The Hall–Kier alpha value is -1.30. The van der Waals surface area contributed by atoms with Crippen LogP contribution in [0, 0.1) is 0 Å². The second kappa shape index (κ2) is 7.99. The van der Waals surface area contributed by atoms with E-state index in [1.54, 1.807) is 7.11 Å². The van der Waals surface area contributed by atoms with Gasteiger partial charge in [-0.1, -0.05) is 20.8 Å². The standard InChI is InChI=1S/C18H31NO4/c1-17(2,3)15-9-14(22-6)7-8-16(15)23-11-13(21)10-19-18(4,5)12-20/h7-9,13,19-21H,10-12H2,1-6H3/t13-/m1/s1. The molecule has 0 aliphatic heterocycles. The summed E-state index contributed by atoms with van der Waals surface area (Å²) >= 11 is 0. The predicted octanol–water partition coefficient (Wildman–Crippen LogP) is 2.09. The van der Waals surface area contributed by atoms with Crippen molar-refractivity contribution in [1.29, 1.82) is 0 Å². The highest BCUT2D eigenvalue weighted by molar-refractivity contribution is 5.44. The summed E-state index contributed by atoms with van der Waals surface area (Å²) in [6.07, 6.45) is -0.657. The third-order valence-electron chi connectivity index (χ3n) is 3.64. The number of aliphatic hydroxyl groups excluding tert-OH is 2. The molecule has 0 bridgehead atoms. The molecule has 5 heteroatoms. The first-order chi connectivity index (χ1) is 10.6. The molecular weight excluding hydrogens is 294 g/mol. The summed E-state index contributed by atoms with van der Waals surface area (Å²) in [4.78, 5) is 0. The average molecular weight is 325 g/mol. The highest BCUT2D eigenvalue weighted by Crippen LogP contribution is 2.34. The first kappa shape index (κ1) is 19.7. The molecule has 3 N–H and O–H groups in total. The molecule has 0 saturated heterocycles. The van der Waals surface area contributed by atoms with Crippen LogP contribution in [0.3, 0.4) is 0 Å². The van der Waals surface area contributed by atoms with Gasteiger partial charge in [0.1, 0.15) is 24.2 Å². The third-order valence-corrected chi connectivity index (χ3v) is 3.64. The summed E-state index contributed by atoms with van der Waals surface area (Å²) in [5.41, 5.74) is 0.525. The summed E-state index contributed by atoms with van der Waals surface area (Å²) in [5, 5.41) is 22.4. The quantitative estimate of drug-likeness (QED) is 0.683. The summed E-state index contributed by atoms with van der Waals surface area (Å²) in [5.74, 6) is 1.54. The van der Waals surface area contributed by atoms with Crippen LogP contribution in [0.25, 0.3) is 0 Å². The molecule has 0 fully saturated rings. The molecule has 0 aliphatic carbocycles. The highest BCUT2D eigenvalue weighted by Gasteiger charge is 2.21. The number of aliphatic hydroxyl groups is 2. The van der Waals surface area contributed by atoms with E-state index in [9.17, 15) is 10.2 Å². The molecule has 1 rings (SSSR count). The summed E-state index contributed by atoms with van der Waals surface area (Å²) < 4.78 is 11.1. The molecule has 132 valence electrons. The Kier molecular flexibility index (Phi) is 6.86. The minimum atomic E-state index is -0.657. The van der Waals surface area contributed by atoms with Crippen molar-refractivity contribution in [2.45, 2.75) is 51.7 Å². The van der Waals surface area contributed by atoms with E-state index in [-0.39, 0.29) is 18.6 Å². The Bertz CT molecular complexity index is 494. The Labute approximate surface area is 139 Å². The number of nitrogens with one attached hydrogen (secondary N) is 1. The number of rotatable bonds is 8. The number of ether oxygens (including phenoxy) is 2. The lowest BCUT2D eigenvalue weighted by Gasteiger charge is -2.26. The molecule has 0 aromatic heterocycles. The van der Waals surface area contributed by atoms with Crippen molar-refractivity contribution >= 4 is 0 Å². The molecule has 23 heavy (non-hydrogen) atoms. The predicted molar refractivity (Wildman–Crippen MR) is 92.4 cm³/mol. The fraction of sp³-hybridized carbons (Fsp3) is 0.667. The lowest BCUT2D eigenvalue weighted by molar-refractivity contribution is 0.0898. The zero-order valence-electron chi connectivity index (χ0n) is 15.1. The molecule has 0 amide bonds. The number of methoxy groups -OCH3 is 1. The van der Waals surface area contributed by atoms with E-state index in [4.69, 9.17) is 9.47 Å². The number of hydrogen-bond donors (Lipinski definition) is 3. The number of benzene rings is 1. The van der Waals surface area contributed by atoms with Gasteiger partial charge in [0, 0.05) is 17.6 Å². The Balaban J connectivity index is 2.70. The Morgan fingerprint density at radius 3 is 2.35 bits per heavy atom. The van der Waals surface area contributed by atoms with E-state index < -0.39 is 11.6 Å². The zero-order valence-corrected chi connectivity index (χ0v) is 15.1. The molecular formula is C18H31NO4. The molecule has 1 atom stereocenters. The fourth-order valence-corrected chi connectivity index (χ4v) is 2.04. The van der Waals surface area contributed by atoms with E-state index in [1.165, 1.54) is 0 Å². The van der Waals surface area contributed by atoms with Gasteiger partial charge in [-0.2, -0.15) is 0 Å². The number of hydrogen-bond acceptors (Lipinski definition) is 5. The van der Waals surface area contributed by atoms with Gasteiger partial charge in [0.05, 0.1) is 13.7 Å². The summed E-state index contributed by atoms with van der Waals surface area (Å²) in [6.45, 7) is 10.6. The monoisotopic (exact) mass is 325 g/mol. The van der Waals surface area contributed by atoms with Crippen molar-refractivity contribution in [2.75, 3.05) is 26.9 Å². The van der Waals surface area contributed by atoms with Gasteiger partial charge >= 0.3 is 0 Å². The van der Waals surface area contributed by atoms with E-state index in [2.05, 4.69) is 26.1 Å². The second-order valence-corrected chi connectivity index (χ2v) is 7.50. The molecule has 0 heterocycles. The van der Waals surface area contributed by atoms with Gasteiger partial charge in [0.25, 0.3) is 0 Å². The normalized spacial score (nSPS) is 13.7. The number of β-amino-alcohol motifs (C(OH)–C–C–N with tert-alkyl or cyclic N) is 1. The minimum absolute atomic E-state index is 0.00717. The summed E-state index contributed by atoms with van der Waals surface area (Å²) in [6, 6.07) is 5.69. The van der Waals surface area contributed by atoms with Crippen molar-refractivity contribution in [1.82, 2.24) is 5.32 Å². The van der Waals surface area contributed by atoms with Gasteiger partial charge in [-0.15, -0.1) is 0 Å². The van der Waals surface area contributed by atoms with Crippen LogP contribution in [0.5, 0.6) is 11.5 Å². The first-order valence-corrected chi connectivity index (χ1v) is 7.94. The van der Waals surface area contributed by atoms with Crippen molar-refractivity contribution in [3.8, 4) is 11.5 Å². The van der Waals surface area contributed by atoms with Gasteiger partial charge < -0.3 is 25.0 Å². The SMILES string of the molecule is COc1ccc(OC[C@H](O)CNC(C)(C)CO)c(C(C)(C)C)c1. The maximum Gasteiger partial charge on any atom is 0.123 e. The lowest BCUT2D eigenvalue weighted by atomic mass is 9.86. The van der Waals surface area contributed by atoms with Gasteiger partial charge in [0.15, 0.2) is 0 Å². The molecule has 0 aliphatic rings. The van der Waals surface area contributed by atoms with Crippen molar-refractivity contribution in [3.63, 3.8) is 0 Å². The molecule has 0 radical (unpaired) electrons. The maximum absolute atomic E-state index is 10.1. The van der Waals surface area contributed by atoms with E-state index in [1.807, 2.05) is 32.0 Å². The van der Waals surface area contributed by atoms with Crippen LogP contribution in [0.2, 0.25) is 0 Å². The van der Waals surface area contributed by atoms with Gasteiger partial charge in [-0.05, 0) is 37.5 Å². The summed E-state index contributed by atoms with van der Waals surface area (Å²) in [7, 11) is 1.64. The van der Waals surface area contributed by atoms with E-state index in [0.717, 1.165) is 17.1 Å². The second-order valence-electron chi connectivity index (χ2n) is 7.50. The first-order valence-electron chi connectivity index (χ1n) is 7.94.